The van der Waals surface area contributed by atoms with E-state index in [1.807, 2.05) is 0 Å². The van der Waals surface area contributed by atoms with E-state index in [0.29, 0.717) is 0 Å². The lowest BCUT2D eigenvalue weighted by Crippen LogP contribution is -2.22. The summed E-state index contributed by atoms with van der Waals surface area (Å²) in [6.45, 7) is 3.72. The lowest BCUT2D eigenvalue weighted by molar-refractivity contribution is -0.147. The van der Waals surface area contributed by atoms with Crippen molar-refractivity contribution in [3.8, 4) is 0 Å². The molecule has 1 amide bonds. The van der Waals surface area contributed by atoms with Crippen LogP contribution in [0, 0.1) is 0 Å². The van der Waals surface area contributed by atoms with Crippen LogP contribution in [0.5, 0.6) is 0 Å². The number of carbonyl (C=O) groups is 2. The van der Waals surface area contributed by atoms with Crippen molar-refractivity contribution in [3.05, 3.63) is 0 Å². The van der Waals surface area contributed by atoms with Crippen LogP contribution in [0.3, 0.4) is 0 Å². The highest BCUT2D eigenvalue weighted by Crippen LogP contribution is 2.18. The van der Waals surface area contributed by atoms with Crippen LogP contribution in [0.1, 0.15) is 13.8 Å². The molecule has 5 heteroatoms. The Morgan fingerprint density at radius 3 is 2.50 bits per heavy atom. The van der Waals surface area contributed by atoms with Gasteiger partial charge in [-0.2, -0.15) is 0 Å². The molecule has 1 heterocycles. The first-order chi connectivity index (χ1) is 5.52. The molecule has 1 saturated heterocycles. The Morgan fingerprint density at radius 2 is 2.17 bits per heavy atom. The van der Waals surface area contributed by atoms with Gasteiger partial charge in [-0.1, -0.05) is 0 Å². The standard InChI is InChI=1S/C7H11NO4/c1-4(2)12-6(9)5-3-8(5)7(10)11/h4-5H,3H2,1-2H3,(H,10,11). The first-order valence-corrected chi connectivity index (χ1v) is 3.72. The monoisotopic (exact) mass is 173 g/mol. The normalized spacial score (nSPS) is 20.9. The lowest BCUT2D eigenvalue weighted by Gasteiger charge is -2.06. The number of hydrogen-bond donors (Lipinski definition) is 1. The third-order valence-electron chi connectivity index (χ3n) is 1.48. The summed E-state index contributed by atoms with van der Waals surface area (Å²) in [5.41, 5.74) is 0. The zero-order valence-corrected chi connectivity index (χ0v) is 6.98. The summed E-state index contributed by atoms with van der Waals surface area (Å²) in [7, 11) is 0. The summed E-state index contributed by atoms with van der Waals surface area (Å²) in [6, 6.07) is -0.565. The van der Waals surface area contributed by atoms with E-state index in [9.17, 15) is 9.59 Å². The highest BCUT2D eigenvalue weighted by Gasteiger charge is 2.45. The molecular weight excluding hydrogens is 162 g/mol. The molecule has 0 spiro atoms. The Bertz CT molecular complexity index is 213. The SMILES string of the molecule is CC(C)OC(=O)C1CN1C(=O)O. The minimum absolute atomic E-state index is 0.186. The quantitative estimate of drug-likeness (QED) is 0.481. The Kier molecular flexibility index (Phi) is 2.21. The second-order valence-corrected chi connectivity index (χ2v) is 2.94. The fraction of sp³-hybridized carbons (Fsp3) is 0.714. The number of ether oxygens (including phenoxy) is 1. The topological polar surface area (TPSA) is 66.6 Å². The zero-order valence-electron chi connectivity index (χ0n) is 6.98. The number of esters is 1. The van der Waals surface area contributed by atoms with Crippen molar-refractivity contribution < 1.29 is 19.4 Å². The number of rotatable bonds is 2. The van der Waals surface area contributed by atoms with Gasteiger partial charge in [-0.05, 0) is 13.8 Å². The summed E-state index contributed by atoms with van der Waals surface area (Å²) < 4.78 is 4.81. The van der Waals surface area contributed by atoms with E-state index in [0.717, 1.165) is 4.90 Å². The van der Waals surface area contributed by atoms with Crippen LogP contribution in [0.15, 0.2) is 0 Å². The van der Waals surface area contributed by atoms with Gasteiger partial charge in [-0.15, -0.1) is 0 Å². The molecule has 1 unspecified atom stereocenters. The average Bonchev–Trinajstić information content (AvgIpc) is 2.61. The maximum absolute atomic E-state index is 11.0. The van der Waals surface area contributed by atoms with Gasteiger partial charge < -0.3 is 9.84 Å². The molecule has 1 aliphatic heterocycles. The van der Waals surface area contributed by atoms with Crippen LogP contribution in [0.2, 0.25) is 0 Å². The zero-order chi connectivity index (χ0) is 9.30. The number of carboxylic acid groups (broad SMARTS) is 1. The molecule has 1 rings (SSSR count). The summed E-state index contributed by atoms with van der Waals surface area (Å²) in [5, 5.41) is 8.42. The highest BCUT2D eigenvalue weighted by molar-refractivity contribution is 5.86. The molecule has 12 heavy (non-hydrogen) atoms. The van der Waals surface area contributed by atoms with Crippen LogP contribution in [0.4, 0.5) is 4.79 Å². The summed E-state index contributed by atoms with van der Waals surface area (Å²) in [6.07, 6.45) is -1.26. The van der Waals surface area contributed by atoms with Gasteiger partial charge >= 0.3 is 12.1 Å². The number of amides is 1. The largest absolute Gasteiger partial charge is 0.465 e. The molecule has 0 bridgehead atoms. The van der Waals surface area contributed by atoms with Gasteiger partial charge in [-0.3, -0.25) is 4.90 Å². The van der Waals surface area contributed by atoms with Gasteiger partial charge in [0.25, 0.3) is 0 Å². The molecule has 0 radical (unpaired) electrons. The van der Waals surface area contributed by atoms with Gasteiger partial charge in [-0.25, -0.2) is 9.59 Å². The average molecular weight is 173 g/mol. The fourth-order valence-electron chi connectivity index (χ4n) is 0.863. The molecule has 1 atom stereocenters. The smallest absolute Gasteiger partial charge is 0.408 e. The number of hydrogen-bond acceptors (Lipinski definition) is 3. The maximum Gasteiger partial charge on any atom is 0.408 e. The van der Waals surface area contributed by atoms with Crippen molar-refractivity contribution in [2.24, 2.45) is 0 Å². The number of nitrogens with zero attached hydrogens (tertiary/aromatic N) is 1. The van der Waals surface area contributed by atoms with Crippen LogP contribution in [0.25, 0.3) is 0 Å². The first kappa shape index (κ1) is 8.83. The summed E-state index contributed by atoms with van der Waals surface area (Å²) in [5.74, 6) is -0.451. The van der Waals surface area contributed by atoms with Gasteiger partial charge in [0.2, 0.25) is 0 Å². The van der Waals surface area contributed by atoms with Crippen molar-refractivity contribution in [2.45, 2.75) is 26.0 Å². The molecule has 1 aliphatic rings. The highest BCUT2D eigenvalue weighted by atomic mass is 16.5. The third kappa shape index (κ3) is 1.87. The predicted molar refractivity (Wildman–Crippen MR) is 39.7 cm³/mol. The lowest BCUT2D eigenvalue weighted by atomic mass is 10.4. The second-order valence-electron chi connectivity index (χ2n) is 2.94. The molecule has 0 saturated carbocycles. The molecule has 0 aromatic heterocycles. The van der Waals surface area contributed by atoms with Crippen molar-refractivity contribution >= 4 is 12.1 Å². The minimum Gasteiger partial charge on any atom is -0.465 e. The van der Waals surface area contributed by atoms with E-state index in [-0.39, 0.29) is 12.6 Å². The molecule has 68 valence electrons. The Balaban J connectivity index is 2.33. The first-order valence-electron chi connectivity index (χ1n) is 3.72. The van der Waals surface area contributed by atoms with Gasteiger partial charge in [0.1, 0.15) is 0 Å². The minimum atomic E-state index is -1.07. The molecule has 5 nitrogen and oxygen atoms in total. The molecule has 1 fully saturated rings. The molecular formula is C7H11NO4. The Morgan fingerprint density at radius 1 is 1.58 bits per heavy atom. The van der Waals surface area contributed by atoms with Gasteiger partial charge in [0, 0.05) is 0 Å². The van der Waals surface area contributed by atoms with Crippen LogP contribution in [-0.4, -0.2) is 40.8 Å². The van der Waals surface area contributed by atoms with E-state index in [1.54, 1.807) is 13.8 Å². The van der Waals surface area contributed by atoms with Crippen LogP contribution in [-0.2, 0) is 9.53 Å². The van der Waals surface area contributed by atoms with E-state index >= 15 is 0 Å². The van der Waals surface area contributed by atoms with Crippen LogP contribution < -0.4 is 0 Å². The number of carbonyl (C=O) groups excluding carboxylic acids is 1. The third-order valence-corrected chi connectivity index (χ3v) is 1.48. The summed E-state index contributed by atoms with van der Waals surface area (Å²) >= 11 is 0. The van der Waals surface area contributed by atoms with Crippen molar-refractivity contribution in [1.29, 1.82) is 0 Å². The van der Waals surface area contributed by atoms with Crippen molar-refractivity contribution in [3.63, 3.8) is 0 Å². The molecule has 1 N–H and O–H groups in total. The van der Waals surface area contributed by atoms with E-state index in [1.165, 1.54) is 0 Å². The second kappa shape index (κ2) is 3.00. The Labute approximate surface area is 69.9 Å². The molecule has 0 aliphatic carbocycles. The Hall–Kier alpha value is -1.26. The van der Waals surface area contributed by atoms with Crippen molar-refractivity contribution in [1.82, 2.24) is 4.90 Å². The fourth-order valence-corrected chi connectivity index (χ4v) is 0.863. The predicted octanol–water partition coefficient (Wildman–Crippen LogP) is 0.300. The maximum atomic E-state index is 11.0. The van der Waals surface area contributed by atoms with Crippen LogP contribution >= 0.6 is 0 Å². The molecule has 0 aromatic rings. The van der Waals surface area contributed by atoms with E-state index in [4.69, 9.17) is 9.84 Å². The van der Waals surface area contributed by atoms with Crippen molar-refractivity contribution in [2.75, 3.05) is 6.54 Å². The summed E-state index contributed by atoms with van der Waals surface area (Å²) in [4.78, 5) is 22.3. The van der Waals surface area contributed by atoms with E-state index < -0.39 is 18.1 Å². The molecule has 0 aromatic carbocycles. The van der Waals surface area contributed by atoms with E-state index in [2.05, 4.69) is 0 Å². The van der Waals surface area contributed by atoms with Gasteiger partial charge in [0.05, 0.1) is 12.6 Å². The van der Waals surface area contributed by atoms with Gasteiger partial charge in [0.15, 0.2) is 6.04 Å².